The maximum Gasteiger partial charge on any atom is 0.0991 e. The summed E-state index contributed by atoms with van der Waals surface area (Å²) in [6, 6.07) is 10.8. The van der Waals surface area contributed by atoms with E-state index in [9.17, 15) is 0 Å². The molecule has 0 bridgehead atoms. The highest BCUT2D eigenvalue weighted by Crippen LogP contribution is 2.30. The van der Waals surface area contributed by atoms with Crippen molar-refractivity contribution >= 4 is 0 Å². The van der Waals surface area contributed by atoms with Crippen LogP contribution in [-0.4, -0.2) is 30.2 Å². The largest absolute Gasteiger partial charge is 0.372 e. The number of rotatable bonds is 5. The summed E-state index contributed by atoms with van der Waals surface area (Å²) < 4.78 is 5.31. The predicted octanol–water partition coefficient (Wildman–Crippen LogP) is 1.92. The fourth-order valence-corrected chi connectivity index (χ4v) is 2.14. The molecule has 3 nitrogen and oxygen atoms in total. The van der Waals surface area contributed by atoms with E-state index in [2.05, 4.69) is 23.1 Å². The summed E-state index contributed by atoms with van der Waals surface area (Å²) in [5.41, 5.74) is 2.02. The Morgan fingerprint density at radius 1 is 1.29 bits per heavy atom. The number of hydrogen-bond donors (Lipinski definition) is 0. The van der Waals surface area contributed by atoms with Gasteiger partial charge in [-0.2, -0.15) is 5.26 Å². The molecule has 88 valence electrons. The lowest BCUT2D eigenvalue weighted by molar-refractivity contribution is 0.225. The first-order valence-electron chi connectivity index (χ1n) is 6.20. The van der Waals surface area contributed by atoms with Crippen LogP contribution in [0.3, 0.4) is 0 Å². The van der Waals surface area contributed by atoms with Crippen molar-refractivity contribution in [2.75, 3.05) is 13.2 Å². The summed E-state index contributed by atoms with van der Waals surface area (Å²) >= 11 is 0. The van der Waals surface area contributed by atoms with Gasteiger partial charge >= 0.3 is 0 Å². The van der Waals surface area contributed by atoms with Crippen molar-refractivity contribution in [1.29, 1.82) is 5.26 Å². The van der Waals surface area contributed by atoms with Crippen LogP contribution in [-0.2, 0) is 11.3 Å². The Morgan fingerprint density at radius 3 is 2.53 bits per heavy atom. The fraction of sp³-hybridized carbons (Fsp3) is 0.500. The number of hydrogen-bond acceptors (Lipinski definition) is 3. The van der Waals surface area contributed by atoms with E-state index in [4.69, 9.17) is 10.00 Å². The van der Waals surface area contributed by atoms with E-state index in [1.807, 2.05) is 12.1 Å². The van der Waals surface area contributed by atoms with E-state index in [-0.39, 0.29) is 0 Å². The SMILES string of the molecule is N#Cc1ccc(CN(CC2CO2)C2CC2)cc1. The average molecular weight is 228 g/mol. The molecule has 1 saturated heterocycles. The Hall–Kier alpha value is -1.37. The molecular formula is C14H16N2O. The van der Waals surface area contributed by atoms with Crippen LogP contribution in [0, 0.1) is 11.3 Å². The first-order valence-corrected chi connectivity index (χ1v) is 6.20. The molecule has 1 unspecified atom stereocenters. The van der Waals surface area contributed by atoms with E-state index in [1.165, 1.54) is 18.4 Å². The molecule has 0 radical (unpaired) electrons. The van der Waals surface area contributed by atoms with Crippen molar-refractivity contribution < 1.29 is 4.74 Å². The molecule has 3 heteroatoms. The minimum absolute atomic E-state index is 0.467. The normalized spacial score (nSPS) is 22.5. The molecular weight excluding hydrogens is 212 g/mol. The third-order valence-electron chi connectivity index (χ3n) is 3.37. The predicted molar refractivity (Wildman–Crippen MR) is 64.3 cm³/mol. The minimum Gasteiger partial charge on any atom is -0.372 e. The Kier molecular flexibility index (Phi) is 2.84. The lowest BCUT2D eigenvalue weighted by Crippen LogP contribution is -2.29. The van der Waals surface area contributed by atoms with Crippen molar-refractivity contribution in [3.8, 4) is 6.07 Å². The second kappa shape index (κ2) is 4.48. The second-order valence-corrected chi connectivity index (χ2v) is 4.92. The average Bonchev–Trinajstić information content (AvgIpc) is 3.22. The summed E-state index contributed by atoms with van der Waals surface area (Å²) in [6.07, 6.45) is 3.11. The van der Waals surface area contributed by atoms with Gasteiger partial charge in [-0.15, -0.1) is 0 Å². The van der Waals surface area contributed by atoms with Crippen LogP contribution in [0.4, 0.5) is 0 Å². The molecule has 1 aliphatic heterocycles. The topological polar surface area (TPSA) is 39.6 Å². The molecule has 0 amide bonds. The van der Waals surface area contributed by atoms with Crippen LogP contribution in [0.15, 0.2) is 24.3 Å². The summed E-state index contributed by atoms with van der Waals surface area (Å²) in [5, 5.41) is 8.76. The van der Waals surface area contributed by atoms with Crippen molar-refractivity contribution in [3.63, 3.8) is 0 Å². The molecule has 0 spiro atoms. The van der Waals surface area contributed by atoms with Gasteiger partial charge in [0.15, 0.2) is 0 Å². The molecule has 0 N–H and O–H groups in total. The van der Waals surface area contributed by atoms with Gasteiger partial charge in [0.25, 0.3) is 0 Å². The third-order valence-corrected chi connectivity index (χ3v) is 3.37. The van der Waals surface area contributed by atoms with Gasteiger partial charge in [-0.05, 0) is 30.5 Å². The Morgan fingerprint density at radius 2 is 2.00 bits per heavy atom. The van der Waals surface area contributed by atoms with Gasteiger partial charge < -0.3 is 4.74 Å². The Bertz CT molecular complexity index is 427. The molecule has 1 heterocycles. The zero-order chi connectivity index (χ0) is 11.7. The lowest BCUT2D eigenvalue weighted by Gasteiger charge is -2.20. The van der Waals surface area contributed by atoms with Crippen molar-refractivity contribution in [2.24, 2.45) is 0 Å². The molecule has 0 aromatic heterocycles. The van der Waals surface area contributed by atoms with Gasteiger partial charge in [-0.25, -0.2) is 0 Å². The molecule has 3 rings (SSSR count). The quantitative estimate of drug-likeness (QED) is 0.723. The molecule has 1 aromatic rings. The minimum atomic E-state index is 0.467. The standard InChI is InChI=1S/C14H16N2O/c15-7-11-1-3-12(4-2-11)8-16(13-5-6-13)9-14-10-17-14/h1-4,13-14H,5-6,8-10H2. The molecule has 1 aromatic carbocycles. The first-order chi connectivity index (χ1) is 8.35. The fourth-order valence-electron chi connectivity index (χ4n) is 2.14. The number of nitrogens with zero attached hydrogens (tertiary/aromatic N) is 2. The third kappa shape index (κ3) is 2.85. The lowest BCUT2D eigenvalue weighted by atomic mass is 10.1. The maximum absolute atomic E-state index is 8.76. The smallest absolute Gasteiger partial charge is 0.0991 e. The van der Waals surface area contributed by atoms with Gasteiger partial charge in [0.2, 0.25) is 0 Å². The molecule has 1 atom stereocenters. The second-order valence-electron chi connectivity index (χ2n) is 4.92. The summed E-state index contributed by atoms with van der Waals surface area (Å²) in [7, 11) is 0. The van der Waals surface area contributed by atoms with Crippen LogP contribution in [0.2, 0.25) is 0 Å². The van der Waals surface area contributed by atoms with Crippen LogP contribution < -0.4 is 0 Å². The van der Waals surface area contributed by atoms with Gasteiger partial charge in [0.1, 0.15) is 0 Å². The van der Waals surface area contributed by atoms with Crippen molar-refractivity contribution in [1.82, 2.24) is 4.90 Å². The number of epoxide rings is 1. The summed E-state index contributed by atoms with van der Waals surface area (Å²) in [5.74, 6) is 0. The van der Waals surface area contributed by atoms with Gasteiger partial charge in [-0.1, -0.05) is 12.1 Å². The highest BCUT2D eigenvalue weighted by atomic mass is 16.6. The number of benzene rings is 1. The van der Waals surface area contributed by atoms with E-state index in [0.29, 0.717) is 6.10 Å². The van der Waals surface area contributed by atoms with Crippen LogP contribution >= 0.6 is 0 Å². The molecule has 2 fully saturated rings. The molecule has 17 heavy (non-hydrogen) atoms. The van der Waals surface area contributed by atoms with Crippen LogP contribution in [0.25, 0.3) is 0 Å². The Labute approximate surface area is 102 Å². The van der Waals surface area contributed by atoms with E-state index >= 15 is 0 Å². The van der Waals surface area contributed by atoms with E-state index < -0.39 is 0 Å². The van der Waals surface area contributed by atoms with Gasteiger partial charge in [-0.3, -0.25) is 4.90 Å². The molecule has 1 aliphatic carbocycles. The van der Waals surface area contributed by atoms with Gasteiger partial charge in [0, 0.05) is 19.1 Å². The highest BCUT2D eigenvalue weighted by molar-refractivity contribution is 5.31. The van der Waals surface area contributed by atoms with Crippen LogP contribution in [0.5, 0.6) is 0 Å². The number of ether oxygens (including phenoxy) is 1. The Balaban J connectivity index is 1.63. The molecule has 2 aliphatic rings. The zero-order valence-electron chi connectivity index (χ0n) is 9.80. The first kappa shape index (κ1) is 10.8. The van der Waals surface area contributed by atoms with E-state index in [0.717, 1.165) is 31.3 Å². The monoisotopic (exact) mass is 228 g/mol. The van der Waals surface area contributed by atoms with Crippen LogP contribution in [0.1, 0.15) is 24.0 Å². The zero-order valence-corrected chi connectivity index (χ0v) is 9.80. The van der Waals surface area contributed by atoms with Gasteiger partial charge in [0.05, 0.1) is 24.3 Å². The number of nitriles is 1. The van der Waals surface area contributed by atoms with Crippen molar-refractivity contribution in [2.45, 2.75) is 31.5 Å². The summed E-state index contributed by atoms with van der Waals surface area (Å²) in [4.78, 5) is 2.51. The summed E-state index contributed by atoms with van der Waals surface area (Å²) in [6.45, 7) is 2.97. The maximum atomic E-state index is 8.76. The van der Waals surface area contributed by atoms with E-state index in [1.54, 1.807) is 0 Å². The highest BCUT2D eigenvalue weighted by Gasteiger charge is 2.34. The molecule has 1 saturated carbocycles. The van der Waals surface area contributed by atoms with Crippen molar-refractivity contribution in [3.05, 3.63) is 35.4 Å².